The quantitative estimate of drug-likeness (QED) is 0.384. The fourth-order valence-corrected chi connectivity index (χ4v) is 5.12. The number of aliphatic hydroxyl groups excluding tert-OH is 1. The maximum Gasteiger partial charge on any atom is 0.272 e. The zero-order chi connectivity index (χ0) is 25.1. The van der Waals surface area contributed by atoms with Crippen LogP contribution in [0.4, 0.5) is 0 Å². The van der Waals surface area contributed by atoms with Gasteiger partial charge in [-0.3, -0.25) is 14.4 Å². The zero-order valence-corrected chi connectivity index (χ0v) is 21.1. The molecule has 186 valence electrons. The molecule has 0 atom stereocenters. The average molecular weight is 483 g/mol. The Bertz CT molecular complexity index is 1350. The molecule has 2 N–H and O–H groups in total. The Labute approximate surface area is 212 Å². The average Bonchev–Trinajstić information content (AvgIpc) is 3.25. The maximum atomic E-state index is 13.3. The van der Waals surface area contributed by atoms with E-state index in [0.717, 1.165) is 47.1 Å². The second kappa shape index (κ2) is 10.6. The Hall–Kier alpha value is -3.48. The van der Waals surface area contributed by atoms with Crippen LogP contribution in [-0.4, -0.2) is 38.8 Å². The predicted molar refractivity (Wildman–Crippen MR) is 143 cm³/mol. The van der Waals surface area contributed by atoms with Gasteiger partial charge in [0.2, 0.25) is 0 Å². The second-order valence-electron chi connectivity index (χ2n) is 9.90. The minimum Gasteiger partial charge on any atom is -0.394 e. The number of carbonyl (C=O) groups excluding carboxylic acids is 1. The van der Waals surface area contributed by atoms with E-state index in [2.05, 4.69) is 77.7 Å². The first kappa shape index (κ1) is 24.2. The highest BCUT2D eigenvalue weighted by Gasteiger charge is 2.28. The first-order valence-corrected chi connectivity index (χ1v) is 12.8. The van der Waals surface area contributed by atoms with Gasteiger partial charge in [-0.15, -0.1) is 0 Å². The molecule has 1 aliphatic rings. The summed E-state index contributed by atoms with van der Waals surface area (Å²) in [6.07, 6.45) is 0.809. The number of fused-ring (bicyclic) bond motifs is 2. The van der Waals surface area contributed by atoms with Gasteiger partial charge in [0.05, 0.1) is 13.2 Å². The number of aromatic nitrogens is 2. The fraction of sp³-hybridized carbons (Fsp3) is 0.333. The van der Waals surface area contributed by atoms with Gasteiger partial charge in [-0.1, -0.05) is 80.6 Å². The summed E-state index contributed by atoms with van der Waals surface area (Å²) in [5.41, 5.74) is 6.20. The van der Waals surface area contributed by atoms with Crippen molar-refractivity contribution in [2.45, 2.75) is 52.4 Å². The van der Waals surface area contributed by atoms with Crippen molar-refractivity contribution in [2.24, 2.45) is 0 Å². The van der Waals surface area contributed by atoms with Crippen LogP contribution in [0.15, 0.2) is 66.7 Å². The highest BCUT2D eigenvalue weighted by molar-refractivity contribution is 5.94. The van der Waals surface area contributed by atoms with Crippen molar-refractivity contribution in [3.63, 3.8) is 0 Å². The highest BCUT2D eigenvalue weighted by atomic mass is 16.3. The molecule has 0 radical (unpaired) electrons. The molecular weight excluding hydrogens is 448 g/mol. The standard InChI is InChI=1S/C30H34N4O2/c1-21(2)23-12-10-22(11-13-23)19-33-15-14-28-27(20-33)29(32-34(28)16-17-35)30(36)31-18-25-8-5-7-24-6-3-4-9-26(24)25/h3-13,21,35H,14-20H2,1-2H3,(H,31,36). The zero-order valence-electron chi connectivity index (χ0n) is 21.1. The molecule has 4 aromatic rings. The summed E-state index contributed by atoms with van der Waals surface area (Å²) in [7, 11) is 0. The van der Waals surface area contributed by atoms with Crippen molar-refractivity contribution in [3.8, 4) is 0 Å². The van der Waals surface area contributed by atoms with E-state index in [1.54, 1.807) is 0 Å². The number of aliphatic hydroxyl groups is 1. The van der Waals surface area contributed by atoms with Gasteiger partial charge in [0.25, 0.3) is 5.91 Å². The normalized spacial score (nSPS) is 13.8. The molecule has 1 amide bonds. The number of carbonyl (C=O) groups is 1. The van der Waals surface area contributed by atoms with Crippen LogP contribution in [0.3, 0.4) is 0 Å². The van der Waals surface area contributed by atoms with Gasteiger partial charge in [-0.2, -0.15) is 5.10 Å². The number of hydrogen-bond donors (Lipinski definition) is 2. The van der Waals surface area contributed by atoms with Crippen LogP contribution in [0.2, 0.25) is 0 Å². The van der Waals surface area contributed by atoms with Crippen LogP contribution >= 0.6 is 0 Å². The molecule has 0 bridgehead atoms. The monoisotopic (exact) mass is 482 g/mol. The molecule has 0 spiro atoms. The second-order valence-corrected chi connectivity index (χ2v) is 9.90. The van der Waals surface area contributed by atoms with E-state index >= 15 is 0 Å². The van der Waals surface area contributed by atoms with Crippen LogP contribution in [0.5, 0.6) is 0 Å². The van der Waals surface area contributed by atoms with Crippen LogP contribution < -0.4 is 5.32 Å². The van der Waals surface area contributed by atoms with Gasteiger partial charge in [0.1, 0.15) is 0 Å². The molecule has 1 aliphatic heterocycles. The Balaban J connectivity index is 1.34. The largest absolute Gasteiger partial charge is 0.394 e. The van der Waals surface area contributed by atoms with Crippen molar-refractivity contribution < 1.29 is 9.90 Å². The molecule has 0 saturated heterocycles. The summed E-state index contributed by atoms with van der Waals surface area (Å²) in [6, 6.07) is 23.2. The number of rotatable bonds is 8. The van der Waals surface area contributed by atoms with Crippen LogP contribution in [-0.2, 0) is 32.6 Å². The number of nitrogens with zero attached hydrogens (tertiary/aromatic N) is 3. The molecule has 36 heavy (non-hydrogen) atoms. The first-order valence-electron chi connectivity index (χ1n) is 12.8. The SMILES string of the molecule is CC(C)c1ccc(CN2CCc3c(c(C(=O)NCc4cccc5ccccc45)nn3CCO)C2)cc1. The maximum absolute atomic E-state index is 13.3. The summed E-state index contributed by atoms with van der Waals surface area (Å²) in [4.78, 5) is 15.7. The molecule has 5 rings (SSSR count). The molecule has 2 heterocycles. The lowest BCUT2D eigenvalue weighted by atomic mass is 10.0. The van der Waals surface area contributed by atoms with Gasteiger partial charge < -0.3 is 10.4 Å². The third kappa shape index (κ3) is 5.06. The van der Waals surface area contributed by atoms with Gasteiger partial charge in [0, 0.05) is 43.9 Å². The fourth-order valence-electron chi connectivity index (χ4n) is 5.12. The molecule has 6 heteroatoms. The molecule has 0 saturated carbocycles. The molecule has 1 aromatic heterocycles. The van der Waals surface area contributed by atoms with E-state index in [1.165, 1.54) is 11.1 Å². The van der Waals surface area contributed by atoms with Gasteiger partial charge in [-0.25, -0.2) is 0 Å². The van der Waals surface area contributed by atoms with Crippen molar-refractivity contribution in [1.29, 1.82) is 0 Å². The minimum atomic E-state index is -0.168. The molecule has 6 nitrogen and oxygen atoms in total. The molecule has 0 fully saturated rings. The molecular formula is C30H34N4O2. The lowest BCUT2D eigenvalue weighted by molar-refractivity contribution is 0.0942. The third-order valence-electron chi connectivity index (χ3n) is 7.11. The first-order chi connectivity index (χ1) is 17.5. The van der Waals surface area contributed by atoms with Gasteiger partial charge in [-0.05, 0) is 33.4 Å². The van der Waals surface area contributed by atoms with Crippen molar-refractivity contribution in [2.75, 3.05) is 13.2 Å². The minimum absolute atomic E-state index is 0.00288. The van der Waals surface area contributed by atoms with Gasteiger partial charge in [0.15, 0.2) is 5.69 Å². The van der Waals surface area contributed by atoms with Crippen molar-refractivity contribution in [1.82, 2.24) is 20.0 Å². The number of benzene rings is 3. The summed E-state index contributed by atoms with van der Waals surface area (Å²) in [5.74, 6) is 0.350. The summed E-state index contributed by atoms with van der Waals surface area (Å²) in [6.45, 7) is 7.65. The van der Waals surface area contributed by atoms with E-state index in [9.17, 15) is 9.90 Å². The summed E-state index contributed by atoms with van der Waals surface area (Å²) < 4.78 is 1.82. The Kier molecular flexibility index (Phi) is 7.16. The molecule has 0 aliphatic carbocycles. The number of nitrogens with one attached hydrogen (secondary N) is 1. The third-order valence-corrected chi connectivity index (χ3v) is 7.11. The Morgan fingerprint density at radius 3 is 2.61 bits per heavy atom. The lowest BCUT2D eigenvalue weighted by Crippen LogP contribution is -2.32. The van der Waals surface area contributed by atoms with Gasteiger partial charge >= 0.3 is 0 Å². The van der Waals surface area contributed by atoms with E-state index in [-0.39, 0.29) is 12.5 Å². The Morgan fingerprint density at radius 1 is 1.06 bits per heavy atom. The lowest BCUT2D eigenvalue weighted by Gasteiger charge is -2.28. The highest BCUT2D eigenvalue weighted by Crippen LogP contribution is 2.25. The van der Waals surface area contributed by atoms with E-state index in [0.29, 0.717) is 31.2 Å². The van der Waals surface area contributed by atoms with E-state index in [4.69, 9.17) is 0 Å². The predicted octanol–water partition coefficient (Wildman–Crippen LogP) is 4.64. The van der Waals surface area contributed by atoms with E-state index < -0.39 is 0 Å². The summed E-state index contributed by atoms with van der Waals surface area (Å²) >= 11 is 0. The molecule has 0 unspecified atom stereocenters. The molecule has 3 aromatic carbocycles. The van der Waals surface area contributed by atoms with Crippen LogP contribution in [0.25, 0.3) is 10.8 Å². The van der Waals surface area contributed by atoms with Crippen molar-refractivity contribution >= 4 is 16.7 Å². The van der Waals surface area contributed by atoms with E-state index in [1.807, 2.05) is 22.9 Å². The van der Waals surface area contributed by atoms with Crippen LogP contribution in [0, 0.1) is 0 Å². The summed E-state index contributed by atoms with van der Waals surface area (Å²) in [5, 5.41) is 19.6. The number of amides is 1. The Morgan fingerprint density at radius 2 is 1.83 bits per heavy atom. The van der Waals surface area contributed by atoms with Crippen molar-refractivity contribution in [3.05, 3.63) is 100 Å². The topological polar surface area (TPSA) is 70.4 Å². The number of hydrogen-bond acceptors (Lipinski definition) is 4. The smallest absolute Gasteiger partial charge is 0.272 e. The van der Waals surface area contributed by atoms with Crippen LogP contribution in [0.1, 0.15) is 58.2 Å².